The van der Waals surface area contributed by atoms with Crippen molar-refractivity contribution in [3.8, 4) is 5.75 Å². The van der Waals surface area contributed by atoms with Gasteiger partial charge >= 0.3 is 0 Å². The quantitative estimate of drug-likeness (QED) is 0.779. The summed E-state index contributed by atoms with van der Waals surface area (Å²) >= 11 is 0. The number of para-hydroxylation sites is 1. The molecule has 1 aromatic carbocycles. The smallest absolute Gasteiger partial charge is 0.144 e. The summed E-state index contributed by atoms with van der Waals surface area (Å²) < 4.78 is 5.66. The third-order valence-corrected chi connectivity index (χ3v) is 3.67. The van der Waals surface area contributed by atoms with E-state index in [0.717, 1.165) is 23.5 Å². The van der Waals surface area contributed by atoms with E-state index in [4.69, 9.17) is 10.5 Å². The molecule has 0 aliphatic heterocycles. The average molecular weight is 248 g/mol. The third kappa shape index (κ3) is 2.89. The zero-order valence-corrected chi connectivity index (χ0v) is 11.5. The molecule has 0 atom stereocenters. The molecule has 100 valence electrons. The van der Waals surface area contributed by atoms with Crippen LogP contribution in [-0.2, 0) is 0 Å². The van der Waals surface area contributed by atoms with Crippen molar-refractivity contribution in [2.75, 3.05) is 17.7 Å². The van der Waals surface area contributed by atoms with Gasteiger partial charge in [0.15, 0.2) is 0 Å². The second-order valence-corrected chi connectivity index (χ2v) is 5.46. The van der Waals surface area contributed by atoms with Crippen LogP contribution in [0.1, 0.15) is 46.0 Å². The molecule has 2 rings (SSSR count). The van der Waals surface area contributed by atoms with E-state index in [0.29, 0.717) is 6.61 Å². The number of hydrogen-bond acceptors (Lipinski definition) is 3. The maximum Gasteiger partial charge on any atom is 0.144 e. The van der Waals surface area contributed by atoms with Gasteiger partial charge in [-0.3, -0.25) is 0 Å². The Balaban J connectivity index is 2.12. The zero-order chi connectivity index (χ0) is 13.0. The van der Waals surface area contributed by atoms with Gasteiger partial charge in [0.2, 0.25) is 0 Å². The van der Waals surface area contributed by atoms with E-state index in [1.165, 1.54) is 25.7 Å². The van der Waals surface area contributed by atoms with Crippen LogP contribution in [0.3, 0.4) is 0 Å². The van der Waals surface area contributed by atoms with Crippen molar-refractivity contribution in [2.24, 2.45) is 0 Å². The Labute approximate surface area is 110 Å². The van der Waals surface area contributed by atoms with E-state index in [1.807, 2.05) is 18.2 Å². The van der Waals surface area contributed by atoms with E-state index in [9.17, 15) is 0 Å². The van der Waals surface area contributed by atoms with Crippen molar-refractivity contribution >= 4 is 11.4 Å². The van der Waals surface area contributed by atoms with Crippen LogP contribution in [0.25, 0.3) is 0 Å². The molecule has 0 spiro atoms. The third-order valence-electron chi connectivity index (χ3n) is 3.67. The molecule has 0 heterocycles. The second kappa shape index (κ2) is 5.51. The molecule has 0 radical (unpaired) electrons. The average Bonchev–Trinajstić information content (AvgIpc) is 2.77. The van der Waals surface area contributed by atoms with Gasteiger partial charge in [0.05, 0.1) is 18.0 Å². The Morgan fingerprint density at radius 2 is 2.06 bits per heavy atom. The first-order valence-electron chi connectivity index (χ1n) is 6.94. The summed E-state index contributed by atoms with van der Waals surface area (Å²) in [7, 11) is 0. The molecule has 0 unspecified atom stereocenters. The van der Waals surface area contributed by atoms with Gasteiger partial charge in [-0.25, -0.2) is 0 Å². The molecule has 3 heteroatoms. The molecule has 0 saturated heterocycles. The summed E-state index contributed by atoms with van der Waals surface area (Å²) in [6, 6.07) is 5.98. The van der Waals surface area contributed by atoms with E-state index < -0.39 is 0 Å². The summed E-state index contributed by atoms with van der Waals surface area (Å²) in [5.74, 6) is 0.795. The Morgan fingerprint density at radius 1 is 1.33 bits per heavy atom. The Hall–Kier alpha value is -1.38. The van der Waals surface area contributed by atoms with Gasteiger partial charge < -0.3 is 15.8 Å². The van der Waals surface area contributed by atoms with Crippen molar-refractivity contribution in [1.82, 2.24) is 0 Å². The fourth-order valence-corrected chi connectivity index (χ4v) is 2.60. The standard InChI is InChI=1S/C15H24N2O/c1-3-11-18-13-8-6-7-12(14(13)16)17-15(2)9-4-5-10-15/h6-8,17H,3-5,9-11,16H2,1-2H3. The lowest BCUT2D eigenvalue weighted by atomic mass is 10.00. The van der Waals surface area contributed by atoms with Gasteiger partial charge in [0.1, 0.15) is 5.75 Å². The highest BCUT2D eigenvalue weighted by molar-refractivity contribution is 5.73. The number of nitrogen functional groups attached to an aromatic ring is 1. The lowest BCUT2D eigenvalue weighted by molar-refractivity contribution is 0.319. The van der Waals surface area contributed by atoms with Gasteiger partial charge in [0, 0.05) is 5.54 Å². The topological polar surface area (TPSA) is 47.3 Å². The summed E-state index contributed by atoms with van der Waals surface area (Å²) in [5, 5.41) is 3.60. The van der Waals surface area contributed by atoms with Crippen molar-refractivity contribution in [1.29, 1.82) is 0 Å². The summed E-state index contributed by atoms with van der Waals surface area (Å²) in [6.45, 7) is 5.09. The number of benzene rings is 1. The van der Waals surface area contributed by atoms with Gasteiger partial charge in [-0.1, -0.05) is 25.8 Å². The minimum absolute atomic E-state index is 0.192. The number of ether oxygens (including phenoxy) is 1. The Bertz CT molecular complexity index is 397. The first kappa shape index (κ1) is 13.1. The van der Waals surface area contributed by atoms with Crippen LogP contribution < -0.4 is 15.8 Å². The molecule has 1 aliphatic rings. The molecule has 0 amide bonds. The predicted octanol–water partition coefficient (Wildman–Crippen LogP) is 3.80. The number of nitrogens with two attached hydrogens (primary N) is 1. The first-order chi connectivity index (χ1) is 8.64. The van der Waals surface area contributed by atoms with Crippen molar-refractivity contribution < 1.29 is 4.74 Å². The highest BCUT2D eigenvalue weighted by atomic mass is 16.5. The molecule has 0 bridgehead atoms. The number of anilines is 2. The van der Waals surface area contributed by atoms with E-state index in [-0.39, 0.29) is 5.54 Å². The van der Waals surface area contributed by atoms with E-state index in [1.54, 1.807) is 0 Å². The summed E-state index contributed by atoms with van der Waals surface area (Å²) in [6.07, 6.45) is 6.03. The van der Waals surface area contributed by atoms with Crippen molar-refractivity contribution in [3.05, 3.63) is 18.2 Å². The minimum Gasteiger partial charge on any atom is -0.491 e. The molecule has 1 fully saturated rings. The van der Waals surface area contributed by atoms with Crippen LogP contribution in [0.2, 0.25) is 0 Å². The largest absolute Gasteiger partial charge is 0.491 e. The van der Waals surface area contributed by atoms with Crippen molar-refractivity contribution in [3.63, 3.8) is 0 Å². The van der Waals surface area contributed by atoms with Gasteiger partial charge in [0.25, 0.3) is 0 Å². The number of rotatable bonds is 5. The monoisotopic (exact) mass is 248 g/mol. The lowest BCUT2D eigenvalue weighted by Crippen LogP contribution is -2.31. The summed E-state index contributed by atoms with van der Waals surface area (Å²) in [5.41, 5.74) is 8.11. The normalized spacial score (nSPS) is 17.7. The van der Waals surface area contributed by atoms with Crippen LogP contribution in [0.5, 0.6) is 5.75 Å². The second-order valence-electron chi connectivity index (χ2n) is 5.46. The highest BCUT2D eigenvalue weighted by Gasteiger charge is 2.28. The van der Waals surface area contributed by atoms with Crippen LogP contribution >= 0.6 is 0 Å². The fraction of sp³-hybridized carbons (Fsp3) is 0.600. The Kier molecular flexibility index (Phi) is 4.00. The summed E-state index contributed by atoms with van der Waals surface area (Å²) in [4.78, 5) is 0. The highest BCUT2D eigenvalue weighted by Crippen LogP contribution is 2.37. The van der Waals surface area contributed by atoms with Gasteiger partial charge in [-0.2, -0.15) is 0 Å². The Morgan fingerprint density at radius 3 is 2.72 bits per heavy atom. The van der Waals surface area contributed by atoms with Crippen molar-refractivity contribution in [2.45, 2.75) is 51.5 Å². The van der Waals surface area contributed by atoms with Gasteiger partial charge in [-0.15, -0.1) is 0 Å². The van der Waals surface area contributed by atoms with Crippen LogP contribution in [0, 0.1) is 0 Å². The molecule has 1 saturated carbocycles. The van der Waals surface area contributed by atoms with Crippen LogP contribution in [0.4, 0.5) is 11.4 Å². The number of hydrogen-bond donors (Lipinski definition) is 2. The first-order valence-corrected chi connectivity index (χ1v) is 6.94. The molecule has 1 aromatic rings. The fourth-order valence-electron chi connectivity index (χ4n) is 2.60. The van der Waals surface area contributed by atoms with E-state index >= 15 is 0 Å². The predicted molar refractivity (Wildman–Crippen MR) is 77.1 cm³/mol. The van der Waals surface area contributed by atoms with Crippen LogP contribution in [0.15, 0.2) is 18.2 Å². The van der Waals surface area contributed by atoms with E-state index in [2.05, 4.69) is 19.2 Å². The maximum atomic E-state index is 6.17. The molecular formula is C15H24N2O. The lowest BCUT2D eigenvalue weighted by Gasteiger charge is -2.28. The molecule has 18 heavy (non-hydrogen) atoms. The SMILES string of the molecule is CCCOc1cccc(NC2(C)CCCC2)c1N. The van der Waals surface area contributed by atoms with Gasteiger partial charge in [-0.05, 0) is 38.3 Å². The zero-order valence-electron chi connectivity index (χ0n) is 11.5. The molecule has 3 nitrogen and oxygen atoms in total. The number of nitrogens with one attached hydrogen (secondary N) is 1. The van der Waals surface area contributed by atoms with Crippen LogP contribution in [-0.4, -0.2) is 12.1 Å². The molecule has 1 aliphatic carbocycles. The molecular weight excluding hydrogens is 224 g/mol. The molecule has 3 N–H and O–H groups in total. The molecule has 0 aromatic heterocycles. The maximum absolute atomic E-state index is 6.17. The minimum atomic E-state index is 0.192.